The van der Waals surface area contributed by atoms with Gasteiger partial charge >= 0.3 is 0 Å². The number of ketones is 1. The summed E-state index contributed by atoms with van der Waals surface area (Å²) < 4.78 is 7.79. The minimum atomic E-state index is -0.0521. The molecule has 3 aromatic carbocycles. The van der Waals surface area contributed by atoms with Crippen molar-refractivity contribution in [3.05, 3.63) is 101 Å². The Balaban J connectivity index is 1.91. The molecule has 0 saturated carbocycles. The van der Waals surface area contributed by atoms with Crippen molar-refractivity contribution >= 4 is 16.7 Å². The number of benzene rings is 3. The number of methoxy groups -OCH3 is 1. The molecule has 0 radical (unpaired) electrons. The second-order valence-corrected chi connectivity index (χ2v) is 8.81. The van der Waals surface area contributed by atoms with Gasteiger partial charge < -0.3 is 9.30 Å². The summed E-state index contributed by atoms with van der Waals surface area (Å²) in [6, 6.07) is 24.7. The maximum atomic E-state index is 13.4. The number of aryl methyl sites for hydroxylation is 2. The first kappa shape index (κ1) is 21.9. The highest BCUT2D eigenvalue weighted by Gasteiger charge is 2.27. The molecule has 0 bridgehead atoms. The van der Waals surface area contributed by atoms with Gasteiger partial charge in [0.1, 0.15) is 5.75 Å². The average Bonchev–Trinajstić information content (AvgIpc) is 3.09. The van der Waals surface area contributed by atoms with Crippen molar-refractivity contribution in [1.82, 2.24) is 4.57 Å². The van der Waals surface area contributed by atoms with Crippen LogP contribution in [0.25, 0.3) is 10.9 Å². The molecule has 0 spiro atoms. The fourth-order valence-electron chi connectivity index (χ4n) is 4.73. The highest BCUT2D eigenvalue weighted by molar-refractivity contribution is 5.97. The Bertz CT molecular complexity index is 1230. The Morgan fingerprint density at radius 2 is 1.62 bits per heavy atom. The second-order valence-electron chi connectivity index (χ2n) is 8.81. The van der Waals surface area contributed by atoms with E-state index in [0.717, 1.165) is 16.9 Å². The van der Waals surface area contributed by atoms with Gasteiger partial charge in [-0.15, -0.1) is 0 Å². The van der Waals surface area contributed by atoms with Gasteiger partial charge in [-0.25, -0.2) is 0 Å². The van der Waals surface area contributed by atoms with Crippen molar-refractivity contribution in [3.8, 4) is 5.75 Å². The molecule has 0 N–H and O–H groups in total. The maximum Gasteiger partial charge on any atom is 0.163 e. The average molecular weight is 426 g/mol. The van der Waals surface area contributed by atoms with Crippen molar-refractivity contribution in [2.75, 3.05) is 7.11 Å². The summed E-state index contributed by atoms with van der Waals surface area (Å²) in [4.78, 5) is 13.4. The van der Waals surface area contributed by atoms with Gasteiger partial charge in [0.25, 0.3) is 0 Å². The van der Waals surface area contributed by atoms with Crippen LogP contribution in [0.3, 0.4) is 0 Å². The summed E-state index contributed by atoms with van der Waals surface area (Å²) in [5.74, 6) is 0.921. The zero-order valence-corrected chi connectivity index (χ0v) is 19.6. The van der Waals surface area contributed by atoms with E-state index in [-0.39, 0.29) is 17.7 Å². The van der Waals surface area contributed by atoms with E-state index in [0.29, 0.717) is 6.42 Å². The fourth-order valence-corrected chi connectivity index (χ4v) is 4.73. The normalized spacial score (nSPS) is 12.3. The van der Waals surface area contributed by atoms with Crippen molar-refractivity contribution in [2.24, 2.45) is 0 Å². The number of carbonyl (C=O) groups excluding carboxylic acids is 1. The molecule has 4 rings (SSSR count). The molecule has 1 heterocycles. The summed E-state index contributed by atoms with van der Waals surface area (Å²) in [6.45, 7) is 8.75. The molecule has 0 fully saturated rings. The lowest BCUT2D eigenvalue weighted by atomic mass is 9.86. The molecule has 0 aliphatic carbocycles. The first-order valence-electron chi connectivity index (χ1n) is 11.2. The Hall–Kier alpha value is -3.33. The monoisotopic (exact) mass is 425 g/mol. The number of hydrogen-bond acceptors (Lipinski definition) is 2. The summed E-state index contributed by atoms with van der Waals surface area (Å²) in [6.07, 6.45) is 0.416. The van der Waals surface area contributed by atoms with Crippen LogP contribution in [0.1, 0.15) is 65.0 Å². The fraction of sp³-hybridized carbons (Fsp3) is 0.276. The number of Topliss-reactive ketones (excluding diaryl/α,β-unsaturated/α-hetero) is 1. The molecule has 3 nitrogen and oxygen atoms in total. The van der Waals surface area contributed by atoms with E-state index in [1.807, 2.05) is 42.5 Å². The van der Waals surface area contributed by atoms with Crippen LogP contribution in [0.2, 0.25) is 0 Å². The van der Waals surface area contributed by atoms with Crippen LogP contribution in [0.5, 0.6) is 5.75 Å². The van der Waals surface area contributed by atoms with Gasteiger partial charge in [-0.3, -0.25) is 4.79 Å². The minimum absolute atomic E-state index is 0.0521. The van der Waals surface area contributed by atoms with E-state index in [9.17, 15) is 4.79 Å². The molecule has 4 aromatic rings. The van der Waals surface area contributed by atoms with E-state index in [4.69, 9.17) is 4.74 Å². The summed E-state index contributed by atoms with van der Waals surface area (Å²) in [5.41, 5.74) is 6.82. The number of rotatable bonds is 7. The third kappa shape index (κ3) is 4.08. The van der Waals surface area contributed by atoms with Crippen molar-refractivity contribution in [2.45, 2.75) is 46.1 Å². The van der Waals surface area contributed by atoms with Crippen molar-refractivity contribution in [1.29, 1.82) is 0 Å². The van der Waals surface area contributed by atoms with Crippen LogP contribution in [0, 0.1) is 13.8 Å². The van der Waals surface area contributed by atoms with Crippen LogP contribution in [-0.4, -0.2) is 17.5 Å². The Labute approximate surface area is 190 Å². The lowest BCUT2D eigenvalue weighted by molar-refractivity contribution is 0.0976. The molecule has 164 valence electrons. The van der Waals surface area contributed by atoms with E-state index >= 15 is 0 Å². The number of carbonyl (C=O) groups is 1. The van der Waals surface area contributed by atoms with Gasteiger partial charge in [-0.1, -0.05) is 54.1 Å². The molecule has 1 unspecified atom stereocenters. The second kappa shape index (κ2) is 9.04. The number of fused-ring (bicyclic) bond motifs is 1. The molecule has 0 aliphatic heterocycles. The van der Waals surface area contributed by atoms with Crippen molar-refractivity contribution < 1.29 is 9.53 Å². The Morgan fingerprint density at radius 3 is 2.25 bits per heavy atom. The zero-order valence-electron chi connectivity index (χ0n) is 19.6. The summed E-state index contributed by atoms with van der Waals surface area (Å²) >= 11 is 0. The predicted molar refractivity (Wildman–Crippen MR) is 132 cm³/mol. The topological polar surface area (TPSA) is 31.2 Å². The summed E-state index contributed by atoms with van der Waals surface area (Å²) in [7, 11) is 1.68. The third-order valence-corrected chi connectivity index (χ3v) is 6.31. The highest BCUT2D eigenvalue weighted by Crippen LogP contribution is 2.39. The van der Waals surface area contributed by atoms with Gasteiger partial charge in [-0.05, 0) is 63.1 Å². The number of aromatic nitrogens is 1. The first-order chi connectivity index (χ1) is 15.4. The molecule has 1 atom stereocenters. The zero-order chi connectivity index (χ0) is 22.8. The quantitative estimate of drug-likeness (QED) is 0.292. The SMILES string of the molecule is COc1ccc(C(CC(=O)c2ccccc2)c2c(C)c3cc(C)ccc3n2C(C)C)cc1. The first-order valence-corrected chi connectivity index (χ1v) is 11.2. The van der Waals surface area contributed by atoms with E-state index < -0.39 is 0 Å². The minimum Gasteiger partial charge on any atom is -0.497 e. The molecule has 3 heteroatoms. The Kier molecular flexibility index (Phi) is 6.18. The highest BCUT2D eigenvalue weighted by atomic mass is 16.5. The lowest BCUT2D eigenvalue weighted by Crippen LogP contribution is -2.16. The number of ether oxygens (including phenoxy) is 1. The van der Waals surface area contributed by atoms with E-state index in [2.05, 4.69) is 62.6 Å². The van der Waals surface area contributed by atoms with Gasteiger partial charge in [0.15, 0.2) is 5.78 Å². The smallest absolute Gasteiger partial charge is 0.163 e. The van der Waals surface area contributed by atoms with Crippen LogP contribution in [0.4, 0.5) is 0 Å². The molecule has 1 aromatic heterocycles. The van der Waals surface area contributed by atoms with E-state index in [1.165, 1.54) is 27.7 Å². The third-order valence-electron chi connectivity index (χ3n) is 6.31. The van der Waals surface area contributed by atoms with Crippen LogP contribution >= 0.6 is 0 Å². The molecule has 0 saturated heterocycles. The Morgan fingerprint density at radius 1 is 0.938 bits per heavy atom. The summed E-state index contributed by atoms with van der Waals surface area (Å²) in [5, 5.41) is 1.26. The van der Waals surface area contributed by atoms with Crippen LogP contribution in [0.15, 0.2) is 72.8 Å². The molecule has 0 amide bonds. The number of hydrogen-bond donors (Lipinski definition) is 0. The van der Waals surface area contributed by atoms with Gasteiger partial charge in [0, 0.05) is 40.5 Å². The van der Waals surface area contributed by atoms with Crippen molar-refractivity contribution in [3.63, 3.8) is 0 Å². The van der Waals surface area contributed by atoms with Gasteiger partial charge in [-0.2, -0.15) is 0 Å². The lowest BCUT2D eigenvalue weighted by Gasteiger charge is -2.24. The van der Waals surface area contributed by atoms with Gasteiger partial charge in [0.2, 0.25) is 0 Å². The van der Waals surface area contributed by atoms with Crippen LogP contribution in [-0.2, 0) is 0 Å². The molecule has 0 aliphatic rings. The van der Waals surface area contributed by atoms with Gasteiger partial charge in [0.05, 0.1) is 7.11 Å². The van der Waals surface area contributed by atoms with E-state index in [1.54, 1.807) is 7.11 Å². The largest absolute Gasteiger partial charge is 0.497 e. The maximum absolute atomic E-state index is 13.4. The standard InChI is InChI=1S/C29H31NO2/c1-19(2)30-27-16-11-20(3)17-25(27)21(4)29(30)26(22-12-14-24(32-5)15-13-22)18-28(31)23-9-7-6-8-10-23/h6-17,19,26H,18H2,1-5H3. The number of nitrogens with zero attached hydrogens (tertiary/aromatic N) is 1. The molecular weight excluding hydrogens is 394 g/mol. The molecular formula is C29H31NO2. The predicted octanol–water partition coefficient (Wildman–Crippen LogP) is 7.25. The molecule has 32 heavy (non-hydrogen) atoms. The van der Waals surface area contributed by atoms with Crippen LogP contribution < -0.4 is 4.74 Å².